The molecule has 1 fully saturated rings. The van der Waals surface area contributed by atoms with E-state index in [4.69, 9.17) is 4.74 Å². The van der Waals surface area contributed by atoms with Gasteiger partial charge in [0.1, 0.15) is 6.10 Å². The number of nitrogens with one attached hydrogen (secondary N) is 3. The number of pyridine rings is 1. The molecule has 0 aromatic carbocycles. The number of H-pyrrole nitrogens is 1. The van der Waals surface area contributed by atoms with Gasteiger partial charge in [0.05, 0.1) is 22.5 Å². The van der Waals surface area contributed by atoms with Crippen LogP contribution in [-0.2, 0) is 21.0 Å². The Morgan fingerprint density at radius 3 is 2.73 bits per heavy atom. The van der Waals surface area contributed by atoms with E-state index in [2.05, 4.69) is 25.8 Å². The molecule has 4 rings (SSSR count). The van der Waals surface area contributed by atoms with Crippen molar-refractivity contribution in [2.75, 3.05) is 11.1 Å². The van der Waals surface area contributed by atoms with E-state index < -0.39 is 9.84 Å². The summed E-state index contributed by atoms with van der Waals surface area (Å²) >= 11 is 0. The number of aromatic nitrogens is 3. The SMILES string of the molecule is CC(C)NC(=O)OC1CCC(c2cc(Nc3cncc4c3CCS4(=O)=O)n[nH]2)CC1. The van der Waals surface area contributed by atoms with Gasteiger partial charge in [-0.05, 0) is 51.5 Å². The second kappa shape index (κ2) is 8.25. The quantitative estimate of drug-likeness (QED) is 0.661. The van der Waals surface area contributed by atoms with Gasteiger partial charge in [-0.2, -0.15) is 5.10 Å². The maximum absolute atomic E-state index is 12.1. The summed E-state index contributed by atoms with van der Waals surface area (Å²) < 4.78 is 29.7. The Labute approximate surface area is 175 Å². The number of rotatable bonds is 5. The van der Waals surface area contributed by atoms with Crippen LogP contribution < -0.4 is 10.6 Å². The van der Waals surface area contributed by atoms with Crippen molar-refractivity contribution in [3.8, 4) is 0 Å². The molecule has 3 heterocycles. The number of sulfone groups is 1. The van der Waals surface area contributed by atoms with Crippen molar-refractivity contribution in [3.63, 3.8) is 0 Å². The number of alkyl carbamates (subject to hydrolysis) is 1. The number of anilines is 2. The van der Waals surface area contributed by atoms with Gasteiger partial charge in [-0.15, -0.1) is 0 Å². The summed E-state index contributed by atoms with van der Waals surface area (Å²) in [4.78, 5) is 16.1. The third-order valence-corrected chi connectivity index (χ3v) is 7.39. The van der Waals surface area contributed by atoms with Crippen LogP contribution in [0.15, 0.2) is 23.4 Å². The van der Waals surface area contributed by atoms with Crippen LogP contribution in [0.5, 0.6) is 0 Å². The van der Waals surface area contributed by atoms with Crippen LogP contribution in [0.1, 0.15) is 56.7 Å². The van der Waals surface area contributed by atoms with Gasteiger partial charge in [-0.3, -0.25) is 10.1 Å². The van der Waals surface area contributed by atoms with E-state index >= 15 is 0 Å². The zero-order valence-electron chi connectivity index (χ0n) is 17.1. The molecule has 1 aliphatic heterocycles. The Morgan fingerprint density at radius 2 is 2.00 bits per heavy atom. The molecule has 1 amide bonds. The van der Waals surface area contributed by atoms with Gasteiger partial charge in [0, 0.05) is 29.9 Å². The molecule has 2 aromatic heterocycles. The number of ether oxygens (including phenoxy) is 1. The van der Waals surface area contributed by atoms with Crippen molar-refractivity contribution in [3.05, 3.63) is 29.7 Å². The molecule has 30 heavy (non-hydrogen) atoms. The second-order valence-corrected chi connectivity index (χ2v) is 10.3. The first kappa shape index (κ1) is 20.6. The van der Waals surface area contributed by atoms with E-state index in [1.54, 1.807) is 6.20 Å². The zero-order valence-corrected chi connectivity index (χ0v) is 18.0. The highest BCUT2D eigenvalue weighted by Crippen LogP contribution is 2.35. The predicted molar refractivity (Wildman–Crippen MR) is 112 cm³/mol. The molecule has 9 nitrogen and oxygen atoms in total. The standard InChI is InChI=1S/C20H27N5O4S/c1-12(2)22-20(26)29-14-5-3-13(4-6-14)16-9-19(25-24-16)23-17-10-21-11-18-15(17)7-8-30(18,27)28/h9-14H,3-8H2,1-2H3,(H,22,26)(H2,23,24,25). The maximum atomic E-state index is 12.1. The fourth-order valence-corrected chi connectivity index (χ4v) is 5.61. The molecule has 0 radical (unpaired) electrons. The number of hydrogen-bond donors (Lipinski definition) is 3. The highest BCUT2D eigenvalue weighted by Gasteiger charge is 2.29. The fourth-order valence-electron chi connectivity index (χ4n) is 4.11. The van der Waals surface area contributed by atoms with Gasteiger partial charge in [-0.25, -0.2) is 13.2 Å². The number of carbonyl (C=O) groups excluding carboxylic acids is 1. The number of nitrogens with zero attached hydrogens (tertiary/aromatic N) is 2. The molecular formula is C20H27N5O4S. The number of aromatic amines is 1. The van der Waals surface area contributed by atoms with E-state index in [9.17, 15) is 13.2 Å². The summed E-state index contributed by atoms with van der Waals surface area (Å²) in [7, 11) is -3.22. The van der Waals surface area contributed by atoms with Crippen LogP contribution in [-0.4, -0.2) is 47.6 Å². The normalized spacial score (nSPS) is 22.5. The lowest BCUT2D eigenvalue weighted by atomic mass is 9.85. The third-order valence-electron chi connectivity index (χ3n) is 5.63. The van der Waals surface area contributed by atoms with E-state index in [0.29, 0.717) is 28.7 Å². The van der Waals surface area contributed by atoms with Crippen molar-refractivity contribution in [1.82, 2.24) is 20.5 Å². The van der Waals surface area contributed by atoms with Crippen molar-refractivity contribution >= 4 is 27.4 Å². The molecule has 0 bridgehead atoms. The highest BCUT2D eigenvalue weighted by molar-refractivity contribution is 7.91. The molecule has 162 valence electrons. The second-order valence-electron chi connectivity index (χ2n) is 8.24. The Morgan fingerprint density at radius 1 is 1.23 bits per heavy atom. The summed E-state index contributed by atoms with van der Waals surface area (Å²) in [6, 6.07) is 2.02. The van der Waals surface area contributed by atoms with Gasteiger partial charge >= 0.3 is 6.09 Å². The Kier molecular flexibility index (Phi) is 5.68. The first-order valence-electron chi connectivity index (χ1n) is 10.3. The largest absolute Gasteiger partial charge is 0.446 e. The maximum Gasteiger partial charge on any atom is 0.407 e. The van der Waals surface area contributed by atoms with Crippen molar-refractivity contribution < 1.29 is 17.9 Å². The van der Waals surface area contributed by atoms with Crippen LogP contribution in [0.4, 0.5) is 16.3 Å². The van der Waals surface area contributed by atoms with Crippen molar-refractivity contribution in [2.45, 2.75) is 68.9 Å². The van der Waals surface area contributed by atoms with Gasteiger partial charge in [0.2, 0.25) is 0 Å². The first-order valence-corrected chi connectivity index (χ1v) is 12.0. The topological polar surface area (TPSA) is 126 Å². The summed E-state index contributed by atoms with van der Waals surface area (Å²) in [5.74, 6) is 1.08. The predicted octanol–water partition coefficient (Wildman–Crippen LogP) is 3.04. The lowest BCUT2D eigenvalue weighted by Crippen LogP contribution is -2.34. The minimum atomic E-state index is -3.22. The van der Waals surface area contributed by atoms with E-state index in [0.717, 1.165) is 36.9 Å². The molecule has 2 aromatic rings. The molecule has 0 spiro atoms. The van der Waals surface area contributed by atoms with Crippen LogP contribution >= 0.6 is 0 Å². The molecule has 1 saturated carbocycles. The number of hydrogen-bond acceptors (Lipinski definition) is 7. The molecule has 0 atom stereocenters. The van der Waals surface area contributed by atoms with Gasteiger partial charge in [-0.1, -0.05) is 0 Å². The van der Waals surface area contributed by atoms with E-state index in [-0.39, 0.29) is 24.0 Å². The van der Waals surface area contributed by atoms with Gasteiger partial charge in [0.25, 0.3) is 0 Å². The molecule has 1 aliphatic carbocycles. The van der Waals surface area contributed by atoms with E-state index in [1.807, 2.05) is 19.9 Å². The highest BCUT2D eigenvalue weighted by atomic mass is 32.2. The monoisotopic (exact) mass is 433 g/mol. The molecule has 3 N–H and O–H groups in total. The molecule has 10 heteroatoms. The summed E-state index contributed by atoms with van der Waals surface area (Å²) in [5, 5.41) is 13.4. The summed E-state index contributed by atoms with van der Waals surface area (Å²) in [6.07, 6.45) is 6.56. The average molecular weight is 434 g/mol. The Balaban J connectivity index is 1.36. The smallest absolute Gasteiger partial charge is 0.407 e. The van der Waals surface area contributed by atoms with Gasteiger partial charge < -0.3 is 15.4 Å². The van der Waals surface area contributed by atoms with Crippen LogP contribution in [0.25, 0.3) is 0 Å². The van der Waals surface area contributed by atoms with Crippen molar-refractivity contribution in [2.24, 2.45) is 0 Å². The van der Waals surface area contributed by atoms with Crippen LogP contribution in [0, 0.1) is 0 Å². The molecule has 0 saturated heterocycles. The molecule has 0 unspecified atom stereocenters. The number of carbonyl (C=O) groups is 1. The van der Waals surface area contributed by atoms with E-state index in [1.165, 1.54) is 6.20 Å². The van der Waals surface area contributed by atoms with Crippen LogP contribution in [0.2, 0.25) is 0 Å². The first-order chi connectivity index (χ1) is 14.3. The Bertz CT molecular complexity index is 1030. The molecular weight excluding hydrogens is 406 g/mol. The summed E-state index contributed by atoms with van der Waals surface area (Å²) in [5.41, 5.74) is 2.47. The number of fused-ring (bicyclic) bond motifs is 1. The minimum Gasteiger partial charge on any atom is -0.446 e. The zero-order chi connectivity index (χ0) is 21.3. The molecule has 2 aliphatic rings. The summed E-state index contributed by atoms with van der Waals surface area (Å²) in [6.45, 7) is 3.81. The third kappa shape index (κ3) is 4.43. The minimum absolute atomic E-state index is 0.0551. The van der Waals surface area contributed by atoms with Gasteiger partial charge in [0.15, 0.2) is 15.7 Å². The fraction of sp³-hybridized carbons (Fsp3) is 0.550. The van der Waals surface area contributed by atoms with Crippen molar-refractivity contribution in [1.29, 1.82) is 0 Å². The Hall–Kier alpha value is -2.62. The lowest BCUT2D eigenvalue weighted by molar-refractivity contribution is 0.0697. The lowest BCUT2D eigenvalue weighted by Gasteiger charge is -2.27. The average Bonchev–Trinajstić information content (AvgIpc) is 3.27. The number of amides is 1. The van der Waals surface area contributed by atoms with Crippen LogP contribution in [0.3, 0.4) is 0 Å².